The van der Waals surface area contributed by atoms with E-state index >= 15 is 0 Å². The third-order valence-electron chi connectivity index (χ3n) is 5.51. The number of rotatable bonds is 6. The van der Waals surface area contributed by atoms with Gasteiger partial charge in [0.25, 0.3) is 5.56 Å². The minimum Gasteiger partial charge on any atom is -0.352 e. The summed E-state index contributed by atoms with van der Waals surface area (Å²) in [6.45, 7) is 2.21. The zero-order valence-electron chi connectivity index (χ0n) is 16.4. The molecule has 0 unspecified atom stereocenters. The molecule has 0 bridgehead atoms. The lowest BCUT2D eigenvalue weighted by Gasteiger charge is -2.29. The fourth-order valence-electron chi connectivity index (χ4n) is 3.91. The van der Waals surface area contributed by atoms with Gasteiger partial charge in [0.1, 0.15) is 10.7 Å². The lowest BCUT2D eigenvalue weighted by molar-refractivity contribution is -0.119. The first-order valence-corrected chi connectivity index (χ1v) is 12.1. The molecule has 7 heteroatoms. The first-order chi connectivity index (χ1) is 14.1. The highest BCUT2D eigenvalue weighted by Gasteiger charge is 2.22. The van der Waals surface area contributed by atoms with Crippen molar-refractivity contribution in [3.05, 3.63) is 51.9 Å². The highest BCUT2D eigenvalue weighted by atomic mass is 32.2. The van der Waals surface area contributed by atoms with Gasteiger partial charge < -0.3 is 10.3 Å². The lowest BCUT2D eigenvalue weighted by Crippen LogP contribution is -2.41. The van der Waals surface area contributed by atoms with Crippen molar-refractivity contribution in [1.82, 2.24) is 15.3 Å². The third-order valence-corrected chi connectivity index (χ3v) is 7.32. The van der Waals surface area contributed by atoms with Crippen LogP contribution in [-0.4, -0.2) is 27.7 Å². The monoisotopic (exact) mass is 427 g/mol. The van der Waals surface area contributed by atoms with E-state index in [0.29, 0.717) is 34.7 Å². The zero-order valence-corrected chi connectivity index (χ0v) is 18.1. The van der Waals surface area contributed by atoms with Crippen LogP contribution in [0.3, 0.4) is 0 Å². The van der Waals surface area contributed by atoms with Crippen LogP contribution in [0.4, 0.5) is 0 Å². The van der Waals surface area contributed by atoms with Crippen LogP contribution in [0.25, 0.3) is 21.3 Å². The van der Waals surface area contributed by atoms with E-state index in [-0.39, 0.29) is 11.5 Å². The molecule has 2 heterocycles. The van der Waals surface area contributed by atoms with E-state index in [9.17, 15) is 9.59 Å². The number of nitrogens with zero attached hydrogens (tertiary/aromatic N) is 1. The number of aromatic amines is 1. The summed E-state index contributed by atoms with van der Waals surface area (Å²) in [5.41, 5.74) is 1.81. The Bertz CT molecular complexity index is 1050. The molecule has 4 rings (SSSR count). The van der Waals surface area contributed by atoms with E-state index < -0.39 is 0 Å². The van der Waals surface area contributed by atoms with Crippen molar-refractivity contribution in [3.8, 4) is 11.1 Å². The van der Waals surface area contributed by atoms with Gasteiger partial charge in [-0.25, -0.2) is 4.98 Å². The number of carbonyl (C=O) groups excluding carboxylic acids is 1. The molecular weight excluding hydrogens is 402 g/mol. The van der Waals surface area contributed by atoms with E-state index in [0.717, 1.165) is 22.4 Å². The maximum atomic E-state index is 12.7. The first kappa shape index (κ1) is 20.2. The molecule has 1 aromatic carbocycles. The van der Waals surface area contributed by atoms with Crippen LogP contribution < -0.4 is 10.9 Å². The Hall–Kier alpha value is -2.12. The Morgan fingerprint density at radius 1 is 1.28 bits per heavy atom. The van der Waals surface area contributed by atoms with Crippen LogP contribution in [0.2, 0.25) is 0 Å². The molecule has 1 amide bonds. The summed E-state index contributed by atoms with van der Waals surface area (Å²) in [6, 6.07) is 10.2. The lowest BCUT2D eigenvalue weighted by atomic mass is 9.86. The molecule has 1 fully saturated rings. The number of H-pyrrole nitrogens is 1. The maximum absolute atomic E-state index is 12.7. The van der Waals surface area contributed by atoms with Crippen molar-refractivity contribution in [2.24, 2.45) is 5.92 Å². The van der Waals surface area contributed by atoms with Crippen LogP contribution in [-0.2, 0) is 10.5 Å². The summed E-state index contributed by atoms with van der Waals surface area (Å²) in [7, 11) is 0. The Morgan fingerprint density at radius 2 is 2.07 bits per heavy atom. The molecule has 2 atom stereocenters. The molecule has 5 nitrogen and oxygen atoms in total. The van der Waals surface area contributed by atoms with Crippen LogP contribution in [0.5, 0.6) is 0 Å². The molecule has 1 aliphatic rings. The molecule has 0 saturated heterocycles. The Kier molecular flexibility index (Phi) is 6.35. The van der Waals surface area contributed by atoms with E-state index in [1.165, 1.54) is 42.4 Å². The Balaban J connectivity index is 1.39. The third kappa shape index (κ3) is 4.73. The van der Waals surface area contributed by atoms with Crippen molar-refractivity contribution in [2.45, 2.75) is 44.4 Å². The predicted octanol–water partition coefficient (Wildman–Crippen LogP) is 4.58. The second-order valence-corrected chi connectivity index (χ2v) is 9.48. The van der Waals surface area contributed by atoms with Crippen molar-refractivity contribution in [2.75, 3.05) is 5.75 Å². The largest absolute Gasteiger partial charge is 0.352 e. The van der Waals surface area contributed by atoms with Gasteiger partial charge in [-0.2, -0.15) is 0 Å². The molecule has 3 aromatic rings. The van der Waals surface area contributed by atoms with Gasteiger partial charge in [-0.05, 0) is 24.3 Å². The molecular formula is C22H25N3O2S2. The molecule has 0 radical (unpaired) electrons. The number of nitrogens with one attached hydrogen (secondary N) is 2. The van der Waals surface area contributed by atoms with E-state index in [1.807, 2.05) is 35.7 Å². The summed E-state index contributed by atoms with van der Waals surface area (Å²) in [5.74, 6) is 2.13. The van der Waals surface area contributed by atoms with Crippen LogP contribution in [0.15, 0.2) is 40.5 Å². The summed E-state index contributed by atoms with van der Waals surface area (Å²) >= 11 is 2.97. The molecule has 2 aromatic heterocycles. The van der Waals surface area contributed by atoms with E-state index in [2.05, 4.69) is 22.2 Å². The van der Waals surface area contributed by atoms with Gasteiger partial charge in [0.15, 0.2) is 0 Å². The van der Waals surface area contributed by atoms with Crippen molar-refractivity contribution in [3.63, 3.8) is 0 Å². The molecule has 0 spiro atoms. The minimum atomic E-state index is -0.119. The number of thiophene rings is 1. The number of benzene rings is 1. The fourth-order valence-corrected chi connectivity index (χ4v) is 5.58. The minimum absolute atomic E-state index is 0.0691. The first-order valence-electron chi connectivity index (χ1n) is 10.0. The van der Waals surface area contributed by atoms with Crippen LogP contribution in [0, 0.1) is 5.92 Å². The quantitative estimate of drug-likeness (QED) is 0.604. The fraction of sp³-hybridized carbons (Fsp3) is 0.409. The molecule has 2 N–H and O–H groups in total. The highest BCUT2D eigenvalue weighted by molar-refractivity contribution is 7.99. The second-order valence-electron chi connectivity index (χ2n) is 7.64. The van der Waals surface area contributed by atoms with Gasteiger partial charge in [-0.1, -0.05) is 50.1 Å². The molecule has 152 valence electrons. The average Bonchev–Trinajstić information content (AvgIpc) is 3.15. The number of carbonyl (C=O) groups is 1. The Labute approximate surface area is 178 Å². The van der Waals surface area contributed by atoms with Gasteiger partial charge in [-0.15, -0.1) is 23.1 Å². The summed E-state index contributed by atoms with van der Waals surface area (Å²) in [4.78, 5) is 33.2. The second kappa shape index (κ2) is 9.13. The topological polar surface area (TPSA) is 74.8 Å². The number of amides is 1. The zero-order chi connectivity index (χ0) is 20.2. The SMILES string of the molecule is C[C@H]1CCCC[C@@H]1NC(=O)CSCc1nc2scc(-c3ccccc3)c2c(=O)[nH]1. The van der Waals surface area contributed by atoms with Crippen molar-refractivity contribution >= 4 is 39.2 Å². The summed E-state index contributed by atoms with van der Waals surface area (Å²) < 4.78 is 0. The van der Waals surface area contributed by atoms with Gasteiger partial charge >= 0.3 is 0 Å². The van der Waals surface area contributed by atoms with Crippen LogP contribution in [0.1, 0.15) is 38.4 Å². The highest BCUT2D eigenvalue weighted by Crippen LogP contribution is 2.30. The molecule has 29 heavy (non-hydrogen) atoms. The number of hydrogen-bond acceptors (Lipinski definition) is 5. The van der Waals surface area contributed by atoms with Crippen molar-refractivity contribution < 1.29 is 4.79 Å². The van der Waals surface area contributed by atoms with Crippen LogP contribution >= 0.6 is 23.1 Å². The standard InChI is InChI=1S/C22H25N3O2S2/c1-14-7-5-6-10-17(14)23-19(26)13-28-12-18-24-21(27)20-16(11-29-22(20)25-18)15-8-3-2-4-9-15/h2-4,8-9,11,14,17H,5-7,10,12-13H2,1H3,(H,23,26)(H,24,25,27)/t14-,17-/m0/s1. The van der Waals surface area contributed by atoms with Gasteiger partial charge in [0.2, 0.25) is 5.91 Å². The van der Waals surface area contributed by atoms with Gasteiger partial charge in [-0.3, -0.25) is 9.59 Å². The summed E-state index contributed by atoms with van der Waals surface area (Å²) in [5, 5.41) is 5.79. The van der Waals surface area contributed by atoms with E-state index in [4.69, 9.17) is 0 Å². The predicted molar refractivity (Wildman–Crippen MR) is 121 cm³/mol. The Morgan fingerprint density at radius 3 is 2.86 bits per heavy atom. The number of thioether (sulfide) groups is 1. The number of hydrogen-bond donors (Lipinski definition) is 2. The molecule has 1 saturated carbocycles. The van der Waals surface area contributed by atoms with Gasteiger partial charge in [0.05, 0.1) is 16.9 Å². The van der Waals surface area contributed by atoms with Gasteiger partial charge in [0, 0.05) is 17.0 Å². The van der Waals surface area contributed by atoms with E-state index in [1.54, 1.807) is 0 Å². The number of fused-ring (bicyclic) bond motifs is 1. The maximum Gasteiger partial charge on any atom is 0.260 e. The average molecular weight is 428 g/mol. The smallest absolute Gasteiger partial charge is 0.260 e. The number of aromatic nitrogens is 2. The van der Waals surface area contributed by atoms with Crippen molar-refractivity contribution in [1.29, 1.82) is 0 Å². The summed E-state index contributed by atoms with van der Waals surface area (Å²) in [6.07, 6.45) is 4.72. The molecule has 1 aliphatic carbocycles. The molecule has 0 aliphatic heterocycles. The normalized spacial score (nSPS) is 19.3.